The van der Waals surface area contributed by atoms with Gasteiger partial charge in [-0.25, -0.2) is 19.2 Å². The van der Waals surface area contributed by atoms with E-state index in [1.54, 1.807) is 103 Å². The lowest BCUT2D eigenvalue weighted by Gasteiger charge is -2.08. The molecule has 11 nitrogen and oxygen atoms in total. The van der Waals surface area contributed by atoms with Crippen LogP contribution < -0.4 is 18.9 Å². The van der Waals surface area contributed by atoms with Gasteiger partial charge in [-0.2, -0.15) is 0 Å². The van der Waals surface area contributed by atoms with E-state index >= 15 is 0 Å². The van der Waals surface area contributed by atoms with Gasteiger partial charge >= 0.3 is 23.9 Å². The highest BCUT2D eigenvalue weighted by Gasteiger charge is 2.11. The molecule has 0 aliphatic heterocycles. The fourth-order valence-electron chi connectivity index (χ4n) is 4.33. The van der Waals surface area contributed by atoms with Crippen molar-refractivity contribution in [1.29, 1.82) is 0 Å². The second-order valence-corrected chi connectivity index (χ2v) is 11.0. The van der Waals surface area contributed by atoms with Gasteiger partial charge in [0.25, 0.3) is 0 Å². The van der Waals surface area contributed by atoms with Crippen LogP contribution >= 0.6 is 0 Å². The van der Waals surface area contributed by atoms with Gasteiger partial charge in [0.05, 0.1) is 43.2 Å². The molecule has 4 aromatic carbocycles. The SMILES string of the molecule is C=CC(=O)OCCCCOc1ccc(C(=O)Oc2ccc(C=Nc3ccc(OC(=O)c4ccc(OCCCCOC(=O)C=C)cc4)cc3)cc2)cc1. The number of aliphatic imine (C=N–C) groups is 1. The minimum absolute atomic E-state index is 0.305. The summed E-state index contributed by atoms with van der Waals surface area (Å²) < 4.78 is 32.2. The minimum Gasteiger partial charge on any atom is -0.494 e. The molecule has 11 heteroatoms. The maximum atomic E-state index is 12.6. The van der Waals surface area contributed by atoms with Crippen molar-refractivity contribution < 1.29 is 47.6 Å². The topological polar surface area (TPSA) is 136 Å². The predicted molar refractivity (Wildman–Crippen MR) is 195 cm³/mol. The first-order valence-corrected chi connectivity index (χ1v) is 16.6. The Kier molecular flexibility index (Phi) is 15.4. The highest BCUT2D eigenvalue weighted by molar-refractivity contribution is 5.92. The summed E-state index contributed by atoms with van der Waals surface area (Å²) in [7, 11) is 0. The molecule has 0 heterocycles. The molecule has 268 valence electrons. The van der Waals surface area contributed by atoms with Gasteiger partial charge in [-0.05, 0) is 128 Å². The number of carbonyl (C=O) groups is 4. The van der Waals surface area contributed by atoms with Gasteiger partial charge in [0.15, 0.2) is 0 Å². The summed E-state index contributed by atoms with van der Waals surface area (Å²) in [5.74, 6) is 0.0819. The second kappa shape index (κ2) is 20.9. The molecule has 0 aliphatic carbocycles. The van der Waals surface area contributed by atoms with Gasteiger partial charge in [-0.15, -0.1) is 0 Å². The molecule has 0 unspecified atom stereocenters. The van der Waals surface area contributed by atoms with Crippen LogP contribution in [0, 0.1) is 0 Å². The van der Waals surface area contributed by atoms with Crippen molar-refractivity contribution >= 4 is 35.8 Å². The van der Waals surface area contributed by atoms with Crippen LogP contribution in [0.5, 0.6) is 23.0 Å². The highest BCUT2D eigenvalue weighted by Crippen LogP contribution is 2.21. The van der Waals surface area contributed by atoms with Gasteiger partial charge in [-0.1, -0.05) is 13.2 Å². The van der Waals surface area contributed by atoms with Crippen LogP contribution in [0.15, 0.2) is 127 Å². The third-order valence-electron chi connectivity index (χ3n) is 7.12. The smallest absolute Gasteiger partial charge is 0.343 e. The molecule has 0 radical (unpaired) electrons. The summed E-state index contributed by atoms with van der Waals surface area (Å²) in [6, 6.07) is 27.0. The average molecular weight is 706 g/mol. The lowest BCUT2D eigenvalue weighted by molar-refractivity contribution is -0.138. The number of rotatable bonds is 20. The number of unbranched alkanes of at least 4 members (excludes halogenated alkanes) is 2. The first-order valence-electron chi connectivity index (χ1n) is 16.6. The number of hydrogen-bond acceptors (Lipinski definition) is 11. The maximum absolute atomic E-state index is 12.6. The molecule has 0 bridgehead atoms. The molecule has 0 saturated heterocycles. The van der Waals surface area contributed by atoms with E-state index in [-0.39, 0.29) is 0 Å². The maximum Gasteiger partial charge on any atom is 0.343 e. The van der Waals surface area contributed by atoms with Gasteiger partial charge in [-0.3, -0.25) is 4.99 Å². The largest absolute Gasteiger partial charge is 0.494 e. The zero-order valence-corrected chi connectivity index (χ0v) is 28.6. The Morgan fingerprint density at radius 1 is 0.500 bits per heavy atom. The van der Waals surface area contributed by atoms with E-state index < -0.39 is 23.9 Å². The van der Waals surface area contributed by atoms with Gasteiger partial charge in [0.2, 0.25) is 0 Å². The first-order chi connectivity index (χ1) is 25.3. The molecule has 0 spiro atoms. The van der Waals surface area contributed by atoms with Crippen molar-refractivity contribution in [2.45, 2.75) is 25.7 Å². The minimum atomic E-state index is -0.507. The van der Waals surface area contributed by atoms with Crippen molar-refractivity contribution in [2.24, 2.45) is 4.99 Å². The predicted octanol–water partition coefficient (Wildman–Crippen LogP) is 7.65. The molecule has 0 fully saturated rings. The molecular weight excluding hydrogens is 666 g/mol. The summed E-state index contributed by atoms with van der Waals surface area (Å²) in [5, 5.41) is 0. The summed E-state index contributed by atoms with van der Waals surface area (Å²) in [6.45, 7) is 8.20. The second-order valence-electron chi connectivity index (χ2n) is 11.0. The van der Waals surface area contributed by atoms with Crippen LogP contribution in [0.1, 0.15) is 52.0 Å². The van der Waals surface area contributed by atoms with Crippen LogP contribution in [-0.4, -0.2) is 56.5 Å². The van der Waals surface area contributed by atoms with Crippen LogP contribution in [0.25, 0.3) is 0 Å². The van der Waals surface area contributed by atoms with E-state index in [4.69, 9.17) is 28.4 Å². The zero-order chi connectivity index (χ0) is 37.0. The first kappa shape index (κ1) is 38.3. The highest BCUT2D eigenvalue weighted by atomic mass is 16.5. The number of carbonyl (C=O) groups excluding carboxylic acids is 4. The van der Waals surface area contributed by atoms with Crippen molar-refractivity contribution in [3.05, 3.63) is 139 Å². The number of ether oxygens (including phenoxy) is 6. The average Bonchev–Trinajstić information content (AvgIpc) is 3.18. The molecule has 0 N–H and O–H groups in total. The molecule has 4 aromatic rings. The molecule has 0 atom stereocenters. The van der Waals surface area contributed by atoms with Gasteiger partial charge in [0.1, 0.15) is 23.0 Å². The number of nitrogens with zero attached hydrogens (tertiary/aromatic N) is 1. The molecular formula is C41H39NO10. The summed E-state index contributed by atoms with van der Waals surface area (Å²) in [4.78, 5) is 51.8. The molecule has 0 amide bonds. The molecule has 52 heavy (non-hydrogen) atoms. The summed E-state index contributed by atoms with van der Waals surface area (Å²) in [6.07, 6.45) is 6.66. The lowest BCUT2D eigenvalue weighted by atomic mass is 10.2. The van der Waals surface area contributed by atoms with Gasteiger partial charge in [0, 0.05) is 18.4 Å². The van der Waals surface area contributed by atoms with E-state index in [0.29, 0.717) is 91.9 Å². The van der Waals surface area contributed by atoms with Crippen molar-refractivity contribution in [2.75, 3.05) is 26.4 Å². The van der Waals surface area contributed by atoms with E-state index in [2.05, 4.69) is 18.2 Å². The quantitative estimate of drug-likeness (QED) is 0.0297. The van der Waals surface area contributed by atoms with E-state index in [1.165, 1.54) is 0 Å². The van der Waals surface area contributed by atoms with Gasteiger partial charge < -0.3 is 28.4 Å². The van der Waals surface area contributed by atoms with Crippen LogP contribution in [0.2, 0.25) is 0 Å². The number of esters is 4. The Bertz CT molecular complexity index is 1680. The Morgan fingerprint density at radius 3 is 1.31 bits per heavy atom. The molecule has 0 saturated carbocycles. The third kappa shape index (κ3) is 13.4. The van der Waals surface area contributed by atoms with Crippen molar-refractivity contribution in [3.63, 3.8) is 0 Å². The monoisotopic (exact) mass is 705 g/mol. The van der Waals surface area contributed by atoms with Crippen LogP contribution in [0.4, 0.5) is 5.69 Å². The Morgan fingerprint density at radius 2 is 0.885 bits per heavy atom. The Labute approximate surface area is 302 Å². The van der Waals surface area contributed by atoms with Crippen LogP contribution in [0.3, 0.4) is 0 Å². The van der Waals surface area contributed by atoms with Crippen LogP contribution in [-0.2, 0) is 19.1 Å². The summed E-state index contributed by atoms with van der Waals surface area (Å²) >= 11 is 0. The molecule has 4 rings (SSSR count). The van der Waals surface area contributed by atoms with E-state index in [1.807, 2.05) is 0 Å². The van der Waals surface area contributed by atoms with Crippen molar-refractivity contribution in [1.82, 2.24) is 0 Å². The van der Waals surface area contributed by atoms with E-state index in [9.17, 15) is 19.2 Å². The molecule has 0 aromatic heterocycles. The Balaban J connectivity index is 1.16. The zero-order valence-electron chi connectivity index (χ0n) is 28.6. The standard InChI is InChI=1S/C41H39NO10/c1-3-38(43)49-27-7-5-25-47-34-19-11-31(12-20-34)40(45)51-36-17-9-30(10-18-36)29-42-33-15-23-37(24-16-33)52-41(46)32-13-21-35(22-14-32)48-26-6-8-28-50-39(44)4-2/h3-4,9-24,29H,1-2,5-8,25-28H2. The summed E-state index contributed by atoms with van der Waals surface area (Å²) in [5.41, 5.74) is 2.19. The fourth-order valence-corrected chi connectivity index (χ4v) is 4.33. The van der Waals surface area contributed by atoms with Crippen molar-refractivity contribution in [3.8, 4) is 23.0 Å². The van der Waals surface area contributed by atoms with E-state index in [0.717, 1.165) is 17.7 Å². The fraction of sp³-hybridized carbons (Fsp3) is 0.195. The third-order valence-corrected chi connectivity index (χ3v) is 7.12. The lowest BCUT2D eigenvalue weighted by Crippen LogP contribution is -2.08. The molecule has 0 aliphatic rings. The normalized spacial score (nSPS) is 10.5. The number of benzene rings is 4. The Hall–Kier alpha value is -6.49. The number of hydrogen-bond donors (Lipinski definition) is 0.